The Bertz CT molecular complexity index is 1110. The Labute approximate surface area is 153 Å². The second-order valence-electron chi connectivity index (χ2n) is 5.30. The van der Waals surface area contributed by atoms with Gasteiger partial charge in [0.2, 0.25) is 0 Å². The molecule has 0 aliphatic rings. The van der Waals surface area contributed by atoms with Gasteiger partial charge in [0.15, 0.2) is 0 Å². The van der Waals surface area contributed by atoms with Crippen molar-refractivity contribution >= 4 is 39.1 Å². The number of benzene rings is 1. The van der Waals surface area contributed by atoms with Crippen LogP contribution in [0.2, 0.25) is 5.02 Å². The van der Waals surface area contributed by atoms with Crippen LogP contribution < -0.4 is 4.31 Å². The van der Waals surface area contributed by atoms with Crippen LogP contribution in [0.3, 0.4) is 0 Å². The molecule has 3 aromatic rings. The van der Waals surface area contributed by atoms with E-state index in [0.29, 0.717) is 5.69 Å². The molecule has 2 aromatic heterocycles. The lowest BCUT2D eigenvalue weighted by atomic mass is 10.2. The molecule has 0 amide bonds. The van der Waals surface area contributed by atoms with E-state index in [2.05, 4.69) is 15.1 Å². The first-order valence-electron chi connectivity index (χ1n) is 7.50. The lowest BCUT2D eigenvalue weighted by molar-refractivity contribution is 0.0697. The van der Waals surface area contributed by atoms with Crippen molar-refractivity contribution in [2.75, 3.05) is 10.8 Å². The summed E-state index contributed by atoms with van der Waals surface area (Å²) in [6.45, 7) is 3.23. The summed E-state index contributed by atoms with van der Waals surface area (Å²) in [6, 6.07) is 5.80. The molecule has 0 aliphatic carbocycles. The third-order valence-corrected chi connectivity index (χ3v) is 5.65. The van der Waals surface area contributed by atoms with E-state index in [0.717, 1.165) is 4.31 Å². The number of aromatic nitrogens is 4. The van der Waals surface area contributed by atoms with Crippen molar-refractivity contribution < 1.29 is 18.3 Å². The molecule has 0 unspecified atom stereocenters. The number of carbonyl (C=O) groups is 1. The summed E-state index contributed by atoms with van der Waals surface area (Å²) in [4.78, 5) is 19.5. The number of para-hydroxylation sites is 1. The van der Waals surface area contributed by atoms with E-state index < -0.39 is 21.1 Å². The van der Waals surface area contributed by atoms with Gasteiger partial charge in [0.25, 0.3) is 10.9 Å². The number of nitrogens with zero attached hydrogens (tertiary/aromatic N) is 5. The summed E-state index contributed by atoms with van der Waals surface area (Å²) < 4.78 is 28.3. The number of fused-ring (bicyclic) bond motifs is 1. The Hall–Kier alpha value is -2.72. The molecular formula is C15H14ClN5O4S. The number of hydrogen-bond acceptors (Lipinski definition) is 6. The van der Waals surface area contributed by atoms with E-state index in [1.165, 1.54) is 28.9 Å². The average Bonchev–Trinajstić information content (AvgIpc) is 3.03. The second-order valence-corrected chi connectivity index (χ2v) is 7.47. The summed E-state index contributed by atoms with van der Waals surface area (Å²) in [5.74, 6) is -1.17. The summed E-state index contributed by atoms with van der Waals surface area (Å²) in [5, 5.41) is 12.9. The smallest absolute Gasteiger partial charge is 0.337 e. The van der Waals surface area contributed by atoms with Crippen molar-refractivity contribution in [2.24, 2.45) is 0 Å². The van der Waals surface area contributed by atoms with Crippen LogP contribution >= 0.6 is 11.6 Å². The zero-order valence-corrected chi connectivity index (χ0v) is 15.4. The summed E-state index contributed by atoms with van der Waals surface area (Å²) in [6.07, 6.45) is 1.49. The fourth-order valence-corrected chi connectivity index (χ4v) is 4.17. The standard InChI is InChI=1S/C15H14ClN5O4S/c1-3-20(12-10(13(22)23)5-4-6-11(12)16)26(24,25)15-18-14-17-8-7-9(2)21(14)19-15/h4-8H,3H2,1-2H3,(H,22,23). The average molecular weight is 396 g/mol. The molecule has 0 spiro atoms. The number of hydrogen-bond donors (Lipinski definition) is 1. The molecule has 2 heterocycles. The normalized spacial score (nSPS) is 11.7. The molecule has 0 saturated heterocycles. The van der Waals surface area contributed by atoms with Crippen molar-refractivity contribution in [2.45, 2.75) is 19.0 Å². The summed E-state index contributed by atoms with van der Waals surface area (Å²) in [7, 11) is -4.26. The van der Waals surface area contributed by atoms with Crippen LogP contribution in [0.5, 0.6) is 0 Å². The van der Waals surface area contributed by atoms with Gasteiger partial charge in [-0.1, -0.05) is 17.7 Å². The minimum Gasteiger partial charge on any atom is -0.478 e. The molecule has 1 aromatic carbocycles. The van der Waals surface area contributed by atoms with E-state index in [1.807, 2.05) is 0 Å². The molecular weight excluding hydrogens is 382 g/mol. The van der Waals surface area contributed by atoms with Gasteiger partial charge in [-0.05, 0) is 32.0 Å². The van der Waals surface area contributed by atoms with Crippen molar-refractivity contribution in [1.82, 2.24) is 19.6 Å². The summed E-state index contributed by atoms with van der Waals surface area (Å²) >= 11 is 6.12. The Morgan fingerprint density at radius 3 is 2.69 bits per heavy atom. The molecule has 26 heavy (non-hydrogen) atoms. The first-order valence-corrected chi connectivity index (χ1v) is 9.32. The van der Waals surface area contributed by atoms with Crippen molar-refractivity contribution in [3.63, 3.8) is 0 Å². The van der Waals surface area contributed by atoms with Crippen LogP contribution in [-0.2, 0) is 10.0 Å². The van der Waals surface area contributed by atoms with Crippen LogP contribution in [0, 0.1) is 6.92 Å². The first kappa shape index (κ1) is 18.1. The van der Waals surface area contributed by atoms with E-state index >= 15 is 0 Å². The zero-order chi connectivity index (χ0) is 19.1. The molecule has 3 rings (SSSR count). The van der Waals surface area contributed by atoms with Gasteiger partial charge >= 0.3 is 16.0 Å². The predicted molar refractivity (Wildman–Crippen MR) is 94.1 cm³/mol. The quantitative estimate of drug-likeness (QED) is 0.701. The third-order valence-electron chi connectivity index (χ3n) is 3.69. The van der Waals surface area contributed by atoms with Crippen LogP contribution in [0.25, 0.3) is 5.78 Å². The Kier molecular flexibility index (Phi) is 4.55. The number of sulfonamides is 1. The largest absolute Gasteiger partial charge is 0.478 e. The topological polar surface area (TPSA) is 118 Å². The SMILES string of the molecule is CCN(c1c(Cl)cccc1C(=O)O)S(=O)(=O)c1nc2nccc(C)n2n1. The van der Waals surface area contributed by atoms with Crippen molar-refractivity contribution in [1.29, 1.82) is 0 Å². The monoisotopic (exact) mass is 395 g/mol. The van der Waals surface area contributed by atoms with Crippen molar-refractivity contribution in [3.8, 4) is 0 Å². The molecule has 0 bridgehead atoms. The zero-order valence-electron chi connectivity index (χ0n) is 13.8. The molecule has 0 fully saturated rings. The highest BCUT2D eigenvalue weighted by Crippen LogP contribution is 2.33. The van der Waals surface area contributed by atoms with Gasteiger partial charge in [0, 0.05) is 18.4 Å². The van der Waals surface area contributed by atoms with Crippen LogP contribution in [0.4, 0.5) is 5.69 Å². The van der Waals surface area contributed by atoms with Crippen LogP contribution in [0.15, 0.2) is 35.6 Å². The van der Waals surface area contributed by atoms with E-state index in [-0.39, 0.29) is 28.6 Å². The molecule has 0 aliphatic heterocycles. The van der Waals surface area contributed by atoms with Gasteiger partial charge in [0.1, 0.15) is 0 Å². The second kappa shape index (κ2) is 6.54. The first-order chi connectivity index (χ1) is 12.3. The Morgan fingerprint density at radius 1 is 1.35 bits per heavy atom. The maximum atomic E-state index is 13.1. The van der Waals surface area contributed by atoms with Gasteiger partial charge in [-0.15, -0.1) is 5.10 Å². The fraction of sp³-hybridized carbons (Fsp3) is 0.200. The molecule has 1 N–H and O–H groups in total. The van der Waals surface area contributed by atoms with E-state index in [1.54, 1.807) is 19.9 Å². The summed E-state index contributed by atoms with van der Waals surface area (Å²) in [5.41, 5.74) is 0.282. The minimum absolute atomic E-state index is 0.00612. The highest BCUT2D eigenvalue weighted by atomic mass is 35.5. The van der Waals surface area contributed by atoms with Crippen LogP contribution in [-0.4, -0.2) is 45.6 Å². The number of halogens is 1. The third kappa shape index (κ3) is 2.86. The van der Waals surface area contributed by atoms with Gasteiger partial charge in [-0.3, -0.25) is 4.31 Å². The van der Waals surface area contributed by atoms with Crippen molar-refractivity contribution in [3.05, 3.63) is 46.7 Å². The molecule has 11 heteroatoms. The van der Waals surface area contributed by atoms with Crippen LogP contribution in [0.1, 0.15) is 23.0 Å². The maximum absolute atomic E-state index is 13.1. The van der Waals surface area contributed by atoms with Gasteiger partial charge in [-0.2, -0.15) is 13.4 Å². The number of carboxylic acid groups (broad SMARTS) is 1. The van der Waals surface area contributed by atoms with E-state index in [4.69, 9.17) is 11.6 Å². The highest BCUT2D eigenvalue weighted by molar-refractivity contribution is 7.92. The highest BCUT2D eigenvalue weighted by Gasteiger charge is 2.32. The fourth-order valence-electron chi connectivity index (χ4n) is 2.49. The predicted octanol–water partition coefficient (Wildman–Crippen LogP) is 2.00. The van der Waals surface area contributed by atoms with Gasteiger partial charge < -0.3 is 5.11 Å². The molecule has 136 valence electrons. The number of aryl methyl sites for hydroxylation is 1. The number of carboxylic acids is 1. The number of rotatable bonds is 5. The van der Waals surface area contributed by atoms with Gasteiger partial charge in [-0.25, -0.2) is 14.3 Å². The molecule has 9 nitrogen and oxygen atoms in total. The van der Waals surface area contributed by atoms with E-state index in [9.17, 15) is 18.3 Å². The number of aromatic carboxylic acids is 1. The molecule has 0 atom stereocenters. The Balaban J connectivity index is 2.21. The maximum Gasteiger partial charge on any atom is 0.337 e. The lowest BCUT2D eigenvalue weighted by Crippen LogP contribution is -2.33. The molecule has 0 radical (unpaired) electrons. The van der Waals surface area contributed by atoms with Gasteiger partial charge in [0.05, 0.1) is 16.3 Å². The lowest BCUT2D eigenvalue weighted by Gasteiger charge is -2.23. The Morgan fingerprint density at radius 2 is 2.08 bits per heavy atom. The molecule has 0 saturated carbocycles. The number of anilines is 1. The minimum atomic E-state index is -4.26.